The van der Waals surface area contributed by atoms with Crippen molar-refractivity contribution in [3.63, 3.8) is 0 Å². The van der Waals surface area contributed by atoms with Crippen molar-refractivity contribution in [1.82, 2.24) is 4.90 Å². The first kappa shape index (κ1) is 15.0. The van der Waals surface area contributed by atoms with Gasteiger partial charge in [-0.1, -0.05) is 34.6 Å². The van der Waals surface area contributed by atoms with Crippen LogP contribution in [0.15, 0.2) is 0 Å². The highest BCUT2D eigenvalue weighted by Crippen LogP contribution is 2.60. The standard InChI is InChI=1S/C15H23NO4/c1-8(2)10(12(18)19)16-11(17)9-6-7-15(5,13(16)20)14(9,3)4/h8-10H,6-7H2,1-5H3,(H,18,19)/p-1/t9-,10-,15+/m1/s1. The Labute approximate surface area is 119 Å². The number of hydrogen-bond acceptors (Lipinski definition) is 4. The van der Waals surface area contributed by atoms with Crippen LogP contribution in [0.25, 0.3) is 0 Å². The molecule has 0 aromatic carbocycles. The topological polar surface area (TPSA) is 77.5 Å². The number of piperidine rings is 1. The molecule has 0 spiro atoms. The lowest BCUT2D eigenvalue weighted by atomic mass is 9.62. The van der Waals surface area contributed by atoms with E-state index in [1.54, 1.807) is 13.8 Å². The molecule has 2 fully saturated rings. The monoisotopic (exact) mass is 280 g/mol. The Morgan fingerprint density at radius 1 is 1.30 bits per heavy atom. The SMILES string of the molecule is CC(C)[C@H](C(=O)[O-])N1C(=O)[C@H]2CC[C@@](C)(C1=O)C2(C)C. The number of likely N-dealkylation sites (tertiary alicyclic amines) is 1. The number of rotatable bonds is 3. The van der Waals surface area contributed by atoms with Crippen molar-refractivity contribution < 1.29 is 19.5 Å². The summed E-state index contributed by atoms with van der Waals surface area (Å²) in [5.74, 6) is -2.71. The highest BCUT2D eigenvalue weighted by molar-refractivity contribution is 6.06. The summed E-state index contributed by atoms with van der Waals surface area (Å²) in [5.41, 5.74) is -1.10. The van der Waals surface area contributed by atoms with Gasteiger partial charge in [0.05, 0.1) is 17.4 Å². The third-order valence-electron chi connectivity index (χ3n) is 5.60. The number of hydrogen-bond donors (Lipinski definition) is 0. The molecule has 0 aromatic rings. The largest absolute Gasteiger partial charge is 0.548 e. The third-order valence-corrected chi connectivity index (χ3v) is 5.60. The zero-order valence-electron chi connectivity index (χ0n) is 12.7. The summed E-state index contributed by atoms with van der Waals surface area (Å²) in [6, 6.07) is -1.17. The van der Waals surface area contributed by atoms with Crippen molar-refractivity contribution in [1.29, 1.82) is 0 Å². The van der Waals surface area contributed by atoms with E-state index in [4.69, 9.17) is 0 Å². The van der Waals surface area contributed by atoms with E-state index in [2.05, 4.69) is 0 Å². The van der Waals surface area contributed by atoms with E-state index >= 15 is 0 Å². The Kier molecular flexibility index (Phi) is 3.23. The van der Waals surface area contributed by atoms with Crippen molar-refractivity contribution in [2.75, 3.05) is 0 Å². The maximum atomic E-state index is 12.8. The molecule has 1 heterocycles. The average molecular weight is 280 g/mol. The van der Waals surface area contributed by atoms with Crippen LogP contribution in [0.5, 0.6) is 0 Å². The molecule has 1 aliphatic heterocycles. The first-order valence-corrected chi connectivity index (χ1v) is 7.14. The minimum atomic E-state index is -1.36. The van der Waals surface area contributed by atoms with Crippen LogP contribution in [-0.4, -0.2) is 28.7 Å². The van der Waals surface area contributed by atoms with E-state index in [1.807, 2.05) is 20.8 Å². The minimum Gasteiger partial charge on any atom is -0.548 e. The van der Waals surface area contributed by atoms with Gasteiger partial charge in [-0.3, -0.25) is 14.5 Å². The van der Waals surface area contributed by atoms with Crippen molar-refractivity contribution in [3.8, 4) is 0 Å². The Bertz CT molecular complexity index is 482. The van der Waals surface area contributed by atoms with Gasteiger partial charge in [0.1, 0.15) is 0 Å². The number of carboxylic acid groups (broad SMARTS) is 1. The number of fused-ring (bicyclic) bond motifs is 2. The number of aliphatic carboxylic acids is 1. The van der Waals surface area contributed by atoms with Gasteiger partial charge in [0.2, 0.25) is 11.8 Å². The molecule has 2 rings (SSSR count). The fourth-order valence-electron chi connectivity index (χ4n) is 3.79. The van der Waals surface area contributed by atoms with Crippen LogP contribution in [0.3, 0.4) is 0 Å². The molecule has 3 atom stereocenters. The van der Waals surface area contributed by atoms with Gasteiger partial charge in [-0.2, -0.15) is 0 Å². The first-order chi connectivity index (χ1) is 9.05. The van der Waals surface area contributed by atoms with Crippen LogP contribution in [0.1, 0.15) is 47.5 Å². The summed E-state index contributed by atoms with van der Waals surface area (Å²) in [5, 5.41) is 11.4. The van der Waals surface area contributed by atoms with Gasteiger partial charge in [-0.15, -0.1) is 0 Å². The zero-order valence-corrected chi connectivity index (χ0v) is 12.7. The van der Waals surface area contributed by atoms with E-state index in [1.165, 1.54) is 0 Å². The second kappa shape index (κ2) is 4.30. The highest BCUT2D eigenvalue weighted by atomic mass is 16.4. The van der Waals surface area contributed by atoms with Gasteiger partial charge in [0, 0.05) is 5.92 Å². The molecule has 1 aliphatic carbocycles. The highest BCUT2D eigenvalue weighted by Gasteiger charge is 2.65. The molecule has 0 unspecified atom stereocenters. The number of carbonyl (C=O) groups excluding carboxylic acids is 3. The molecule has 2 aliphatic rings. The van der Waals surface area contributed by atoms with E-state index in [0.29, 0.717) is 12.8 Å². The minimum absolute atomic E-state index is 0.286. The van der Waals surface area contributed by atoms with Gasteiger partial charge in [0.25, 0.3) is 0 Å². The molecule has 0 radical (unpaired) electrons. The summed E-state index contributed by atoms with van der Waals surface area (Å²) in [4.78, 5) is 37.8. The Morgan fingerprint density at radius 2 is 1.85 bits per heavy atom. The molecule has 2 bridgehead atoms. The fraction of sp³-hybridized carbons (Fsp3) is 0.800. The van der Waals surface area contributed by atoms with Crippen LogP contribution >= 0.6 is 0 Å². The predicted molar refractivity (Wildman–Crippen MR) is 70.1 cm³/mol. The molecule has 0 N–H and O–H groups in total. The van der Waals surface area contributed by atoms with E-state index in [-0.39, 0.29) is 23.7 Å². The van der Waals surface area contributed by atoms with E-state index < -0.39 is 22.8 Å². The van der Waals surface area contributed by atoms with Crippen LogP contribution in [0.2, 0.25) is 0 Å². The molecular formula is C15H22NO4-. The summed E-state index contributed by atoms with van der Waals surface area (Å²) in [7, 11) is 0. The lowest BCUT2D eigenvalue weighted by Gasteiger charge is -2.50. The van der Waals surface area contributed by atoms with Crippen molar-refractivity contribution in [2.45, 2.75) is 53.5 Å². The van der Waals surface area contributed by atoms with E-state index in [0.717, 1.165) is 4.90 Å². The molecule has 5 heteroatoms. The van der Waals surface area contributed by atoms with Gasteiger partial charge < -0.3 is 9.90 Å². The Morgan fingerprint density at radius 3 is 2.30 bits per heavy atom. The second-order valence-corrected chi connectivity index (χ2v) is 7.17. The maximum Gasteiger partial charge on any atom is 0.236 e. The quantitative estimate of drug-likeness (QED) is 0.708. The zero-order chi connectivity index (χ0) is 15.5. The van der Waals surface area contributed by atoms with Gasteiger partial charge >= 0.3 is 0 Å². The van der Waals surface area contributed by atoms with Crippen LogP contribution in [-0.2, 0) is 14.4 Å². The molecule has 20 heavy (non-hydrogen) atoms. The van der Waals surface area contributed by atoms with Gasteiger partial charge in [-0.25, -0.2) is 0 Å². The molecule has 1 saturated heterocycles. The normalized spacial score (nSPS) is 33.7. The molecule has 2 amide bonds. The third kappa shape index (κ3) is 1.64. The lowest BCUT2D eigenvalue weighted by molar-refractivity contribution is -0.313. The summed E-state index contributed by atoms with van der Waals surface area (Å²) in [6.07, 6.45) is 1.27. The molecule has 112 valence electrons. The Balaban J connectivity index is 2.51. The first-order valence-electron chi connectivity index (χ1n) is 7.14. The summed E-state index contributed by atoms with van der Waals surface area (Å²) in [6.45, 7) is 9.08. The van der Waals surface area contributed by atoms with Crippen LogP contribution in [0.4, 0.5) is 0 Å². The fourth-order valence-corrected chi connectivity index (χ4v) is 3.79. The average Bonchev–Trinajstić information content (AvgIpc) is 2.49. The number of carboxylic acids is 1. The van der Waals surface area contributed by atoms with Gasteiger partial charge in [0.15, 0.2) is 0 Å². The summed E-state index contributed by atoms with van der Waals surface area (Å²) < 4.78 is 0. The number of amides is 2. The molecule has 1 saturated carbocycles. The maximum absolute atomic E-state index is 12.8. The molecule has 0 aromatic heterocycles. The van der Waals surface area contributed by atoms with Crippen molar-refractivity contribution in [3.05, 3.63) is 0 Å². The van der Waals surface area contributed by atoms with Crippen molar-refractivity contribution >= 4 is 17.8 Å². The smallest absolute Gasteiger partial charge is 0.236 e. The molecule has 5 nitrogen and oxygen atoms in total. The second-order valence-electron chi connectivity index (χ2n) is 7.17. The Hall–Kier alpha value is -1.39. The predicted octanol–water partition coefficient (Wildman–Crippen LogP) is 0.572. The number of carbonyl (C=O) groups is 3. The molecular weight excluding hydrogens is 258 g/mol. The van der Waals surface area contributed by atoms with Crippen LogP contribution < -0.4 is 5.11 Å². The van der Waals surface area contributed by atoms with Crippen molar-refractivity contribution in [2.24, 2.45) is 22.7 Å². The lowest BCUT2D eigenvalue weighted by Crippen LogP contribution is -2.65. The number of imide groups is 1. The van der Waals surface area contributed by atoms with E-state index in [9.17, 15) is 19.5 Å². The number of nitrogens with zero attached hydrogens (tertiary/aromatic N) is 1. The van der Waals surface area contributed by atoms with Crippen LogP contribution in [0, 0.1) is 22.7 Å². The van der Waals surface area contributed by atoms with Gasteiger partial charge in [-0.05, 0) is 24.2 Å². The summed E-state index contributed by atoms with van der Waals surface area (Å²) >= 11 is 0.